The van der Waals surface area contributed by atoms with Crippen molar-refractivity contribution >= 4 is 11.8 Å². The predicted octanol–water partition coefficient (Wildman–Crippen LogP) is 1.80. The van der Waals surface area contributed by atoms with Crippen molar-refractivity contribution in [3.63, 3.8) is 0 Å². The lowest BCUT2D eigenvalue weighted by molar-refractivity contribution is -0.138. The molecule has 0 saturated carbocycles. The second-order valence-corrected chi connectivity index (χ2v) is 7.23. The number of rotatable bonds is 2. The average Bonchev–Trinajstić information content (AvgIpc) is 3.43. The number of amides is 2. The molecule has 1 aromatic carbocycles. The third kappa shape index (κ3) is 2.17. The molecule has 136 valence electrons. The van der Waals surface area contributed by atoms with Gasteiger partial charge < -0.3 is 19.5 Å². The van der Waals surface area contributed by atoms with Crippen LogP contribution in [0.4, 0.5) is 0 Å². The van der Waals surface area contributed by atoms with Crippen molar-refractivity contribution in [1.82, 2.24) is 14.8 Å². The van der Waals surface area contributed by atoms with E-state index in [-0.39, 0.29) is 30.3 Å². The van der Waals surface area contributed by atoms with Gasteiger partial charge in [0.1, 0.15) is 11.8 Å². The van der Waals surface area contributed by atoms with E-state index in [2.05, 4.69) is 4.98 Å². The number of hydrogen-bond donors (Lipinski definition) is 1. The van der Waals surface area contributed by atoms with E-state index in [9.17, 15) is 9.59 Å². The van der Waals surface area contributed by atoms with Crippen LogP contribution < -0.4 is 0 Å². The second-order valence-electron chi connectivity index (χ2n) is 7.23. The zero-order valence-corrected chi connectivity index (χ0v) is 14.6. The maximum absolute atomic E-state index is 13.0. The highest BCUT2D eigenvalue weighted by atomic mass is 16.5. The summed E-state index contributed by atoms with van der Waals surface area (Å²) >= 11 is 0. The first-order chi connectivity index (χ1) is 13.1. The van der Waals surface area contributed by atoms with Crippen LogP contribution in [0, 0.1) is 11.3 Å². The van der Waals surface area contributed by atoms with Gasteiger partial charge in [-0.2, -0.15) is 5.26 Å². The number of carbonyl (C=O) groups is 2. The summed E-state index contributed by atoms with van der Waals surface area (Å²) in [5.74, 6) is -0.173. The van der Waals surface area contributed by atoms with Gasteiger partial charge in [0, 0.05) is 19.2 Å². The molecule has 1 aromatic heterocycles. The standard InChI is InChI=1S/C20H18N4O3/c21-10-13-8-15(22-11-13)19(26)23-7-6-20-17(23)9-18(25)24(20)16(12-27-20)14-4-2-1-3-5-14/h1-5,8,11,16-17,22H,6-7,9,12H2/t16-,17+,20-/m0/s1. The fourth-order valence-corrected chi connectivity index (χ4v) is 4.75. The minimum atomic E-state index is -0.738. The molecule has 0 radical (unpaired) electrons. The summed E-state index contributed by atoms with van der Waals surface area (Å²) in [6.07, 6.45) is 2.38. The van der Waals surface area contributed by atoms with Crippen molar-refractivity contribution in [3.8, 4) is 6.07 Å². The molecule has 27 heavy (non-hydrogen) atoms. The number of likely N-dealkylation sites (tertiary alicyclic amines) is 1. The molecular formula is C20H18N4O3. The Hall–Kier alpha value is -3.11. The molecule has 3 aliphatic heterocycles. The largest absolute Gasteiger partial charge is 0.356 e. The first kappa shape index (κ1) is 16.1. The topological polar surface area (TPSA) is 89.4 Å². The Bertz CT molecular complexity index is 963. The molecule has 3 aliphatic rings. The van der Waals surface area contributed by atoms with E-state index in [0.29, 0.717) is 30.8 Å². The van der Waals surface area contributed by atoms with Gasteiger partial charge in [-0.25, -0.2) is 0 Å². The molecule has 1 N–H and O–H groups in total. The average molecular weight is 362 g/mol. The molecule has 0 unspecified atom stereocenters. The van der Waals surface area contributed by atoms with E-state index in [1.54, 1.807) is 11.0 Å². The van der Waals surface area contributed by atoms with Crippen LogP contribution in [0.5, 0.6) is 0 Å². The molecule has 3 saturated heterocycles. The molecule has 7 heteroatoms. The van der Waals surface area contributed by atoms with Gasteiger partial charge in [0.05, 0.1) is 30.7 Å². The number of aromatic nitrogens is 1. The fourth-order valence-electron chi connectivity index (χ4n) is 4.75. The van der Waals surface area contributed by atoms with Gasteiger partial charge in [-0.05, 0) is 11.6 Å². The van der Waals surface area contributed by atoms with E-state index in [0.717, 1.165) is 5.56 Å². The van der Waals surface area contributed by atoms with Crippen molar-refractivity contribution in [2.45, 2.75) is 30.7 Å². The number of benzene rings is 1. The van der Waals surface area contributed by atoms with Crippen LogP contribution in [0.3, 0.4) is 0 Å². The van der Waals surface area contributed by atoms with Gasteiger partial charge >= 0.3 is 0 Å². The van der Waals surface area contributed by atoms with Crippen LogP contribution >= 0.6 is 0 Å². The van der Waals surface area contributed by atoms with Gasteiger partial charge in [-0.1, -0.05) is 30.3 Å². The van der Waals surface area contributed by atoms with Crippen molar-refractivity contribution in [1.29, 1.82) is 5.26 Å². The number of nitriles is 1. The lowest BCUT2D eigenvalue weighted by Crippen LogP contribution is -2.49. The second kappa shape index (κ2) is 5.69. The third-order valence-corrected chi connectivity index (χ3v) is 5.94. The molecule has 1 spiro atoms. The quantitative estimate of drug-likeness (QED) is 0.882. The number of nitrogens with one attached hydrogen (secondary N) is 1. The Labute approximate surface area is 156 Å². The summed E-state index contributed by atoms with van der Waals surface area (Å²) in [5.41, 5.74) is 1.10. The molecule has 4 heterocycles. The van der Waals surface area contributed by atoms with Crippen LogP contribution in [-0.4, -0.2) is 51.5 Å². The molecule has 7 nitrogen and oxygen atoms in total. The SMILES string of the molecule is N#Cc1c[nH]c(C(=O)N2CC[C@@]34OC[C@@H](c5ccccc5)N3C(=O)C[C@@H]24)c1. The molecule has 3 fully saturated rings. The van der Waals surface area contributed by atoms with Gasteiger partial charge in [0.2, 0.25) is 5.91 Å². The van der Waals surface area contributed by atoms with Crippen molar-refractivity contribution in [2.24, 2.45) is 0 Å². The van der Waals surface area contributed by atoms with Crippen LogP contribution in [0.25, 0.3) is 0 Å². The molecule has 5 rings (SSSR count). The fraction of sp³-hybridized carbons (Fsp3) is 0.350. The van der Waals surface area contributed by atoms with E-state index < -0.39 is 5.72 Å². The van der Waals surface area contributed by atoms with E-state index >= 15 is 0 Å². The maximum Gasteiger partial charge on any atom is 0.270 e. The minimum absolute atomic E-state index is 0.0213. The lowest BCUT2D eigenvalue weighted by atomic mass is 10.0. The van der Waals surface area contributed by atoms with Crippen LogP contribution in [0.15, 0.2) is 42.6 Å². The smallest absolute Gasteiger partial charge is 0.270 e. The summed E-state index contributed by atoms with van der Waals surface area (Å²) in [6, 6.07) is 13.0. The maximum atomic E-state index is 13.0. The highest BCUT2D eigenvalue weighted by Crippen LogP contribution is 2.51. The van der Waals surface area contributed by atoms with E-state index in [1.165, 1.54) is 6.20 Å². The zero-order valence-electron chi connectivity index (χ0n) is 14.6. The van der Waals surface area contributed by atoms with Gasteiger partial charge in [-0.15, -0.1) is 0 Å². The summed E-state index contributed by atoms with van der Waals surface area (Å²) in [4.78, 5) is 32.3. The van der Waals surface area contributed by atoms with Crippen LogP contribution in [0.1, 0.15) is 40.5 Å². The third-order valence-electron chi connectivity index (χ3n) is 5.94. The Balaban J connectivity index is 1.46. The molecule has 2 amide bonds. The predicted molar refractivity (Wildman–Crippen MR) is 94.3 cm³/mol. The Morgan fingerprint density at radius 2 is 2.15 bits per heavy atom. The summed E-state index contributed by atoms with van der Waals surface area (Å²) in [7, 11) is 0. The number of hydrogen-bond acceptors (Lipinski definition) is 4. The van der Waals surface area contributed by atoms with E-state index in [1.807, 2.05) is 41.3 Å². The van der Waals surface area contributed by atoms with Crippen LogP contribution in [0.2, 0.25) is 0 Å². The van der Waals surface area contributed by atoms with Crippen LogP contribution in [-0.2, 0) is 9.53 Å². The van der Waals surface area contributed by atoms with Gasteiger partial charge in [0.15, 0.2) is 5.72 Å². The Morgan fingerprint density at radius 1 is 1.33 bits per heavy atom. The Kier molecular flexibility index (Phi) is 3.39. The highest BCUT2D eigenvalue weighted by Gasteiger charge is 2.65. The number of nitrogens with zero attached hydrogens (tertiary/aromatic N) is 3. The summed E-state index contributed by atoms with van der Waals surface area (Å²) in [6.45, 7) is 0.963. The van der Waals surface area contributed by atoms with Crippen molar-refractivity contribution in [2.75, 3.05) is 13.2 Å². The molecule has 0 bridgehead atoms. The first-order valence-corrected chi connectivity index (χ1v) is 9.04. The molecular weight excluding hydrogens is 344 g/mol. The van der Waals surface area contributed by atoms with E-state index in [4.69, 9.17) is 10.00 Å². The van der Waals surface area contributed by atoms with Crippen molar-refractivity contribution < 1.29 is 14.3 Å². The number of aromatic amines is 1. The monoisotopic (exact) mass is 362 g/mol. The summed E-state index contributed by atoms with van der Waals surface area (Å²) in [5, 5.41) is 8.98. The molecule has 0 aliphatic carbocycles. The number of H-pyrrole nitrogens is 1. The minimum Gasteiger partial charge on any atom is -0.356 e. The molecule has 3 atom stereocenters. The first-order valence-electron chi connectivity index (χ1n) is 9.04. The lowest BCUT2D eigenvalue weighted by Gasteiger charge is -2.33. The van der Waals surface area contributed by atoms with Crippen molar-refractivity contribution in [3.05, 3.63) is 59.4 Å². The summed E-state index contributed by atoms with van der Waals surface area (Å²) < 4.78 is 6.22. The number of carbonyl (C=O) groups excluding carboxylic acids is 2. The number of ether oxygens (including phenoxy) is 1. The molecule has 2 aromatic rings. The highest BCUT2D eigenvalue weighted by molar-refractivity contribution is 5.94. The Morgan fingerprint density at radius 3 is 2.89 bits per heavy atom. The zero-order chi connectivity index (χ0) is 18.6. The normalized spacial score (nSPS) is 28.9. The van der Waals surface area contributed by atoms with Gasteiger partial charge in [-0.3, -0.25) is 9.59 Å². The van der Waals surface area contributed by atoms with Gasteiger partial charge in [0.25, 0.3) is 5.91 Å².